The number of nitrogens with one attached hydrogen (secondary N) is 2. The minimum Gasteiger partial charge on any atom is -0.454 e. The lowest BCUT2D eigenvalue weighted by atomic mass is 10.1. The second kappa shape index (κ2) is 7.97. The summed E-state index contributed by atoms with van der Waals surface area (Å²) in [5.74, 6) is 1.42. The number of aromatic nitrogens is 2. The van der Waals surface area contributed by atoms with Crippen molar-refractivity contribution in [1.82, 2.24) is 9.97 Å². The molecule has 0 unspecified atom stereocenters. The summed E-state index contributed by atoms with van der Waals surface area (Å²) in [6, 6.07) is 12.4. The van der Waals surface area contributed by atoms with Gasteiger partial charge in [-0.3, -0.25) is 9.59 Å². The van der Waals surface area contributed by atoms with Crippen molar-refractivity contribution in [1.29, 1.82) is 0 Å². The fourth-order valence-corrected chi connectivity index (χ4v) is 2.79. The molecule has 0 saturated heterocycles. The van der Waals surface area contributed by atoms with Crippen molar-refractivity contribution in [3.8, 4) is 11.5 Å². The highest BCUT2D eigenvalue weighted by molar-refractivity contribution is 6.04. The third-order valence-electron chi connectivity index (χ3n) is 4.33. The molecular weight excluding hydrogens is 372 g/mol. The quantitative estimate of drug-likeness (QED) is 0.623. The molecule has 1 aliphatic rings. The first-order valence-corrected chi connectivity index (χ1v) is 8.95. The number of rotatable bonds is 6. The van der Waals surface area contributed by atoms with Crippen LogP contribution in [0.15, 0.2) is 54.9 Å². The molecule has 0 fully saturated rings. The number of ketones is 1. The Hall–Kier alpha value is -3.94. The maximum atomic E-state index is 12.4. The minimum atomic E-state index is -0.354. The fourth-order valence-electron chi connectivity index (χ4n) is 2.79. The molecule has 0 bridgehead atoms. The van der Waals surface area contributed by atoms with Crippen LogP contribution in [0.2, 0.25) is 0 Å². The summed E-state index contributed by atoms with van der Waals surface area (Å²) in [5.41, 5.74) is 2.37. The molecule has 1 amide bonds. The van der Waals surface area contributed by atoms with Crippen LogP contribution in [0, 0.1) is 0 Å². The molecule has 1 aliphatic heterocycles. The van der Waals surface area contributed by atoms with E-state index in [9.17, 15) is 9.59 Å². The van der Waals surface area contributed by atoms with Gasteiger partial charge in [0.15, 0.2) is 17.3 Å². The summed E-state index contributed by atoms with van der Waals surface area (Å²) in [6.45, 7) is 2.21. The van der Waals surface area contributed by atoms with Crippen LogP contribution in [0.5, 0.6) is 11.5 Å². The first-order valence-electron chi connectivity index (χ1n) is 8.95. The number of fused-ring (bicyclic) bond motifs is 1. The molecule has 0 atom stereocenters. The summed E-state index contributed by atoms with van der Waals surface area (Å²) >= 11 is 0. The summed E-state index contributed by atoms with van der Waals surface area (Å²) in [4.78, 5) is 32.2. The molecule has 2 aromatic carbocycles. The smallest absolute Gasteiger partial charge is 0.258 e. The first kappa shape index (κ1) is 18.4. The van der Waals surface area contributed by atoms with Gasteiger partial charge in [0, 0.05) is 30.2 Å². The van der Waals surface area contributed by atoms with Gasteiger partial charge in [-0.25, -0.2) is 9.97 Å². The largest absolute Gasteiger partial charge is 0.454 e. The average Bonchev–Trinajstić information content (AvgIpc) is 3.20. The van der Waals surface area contributed by atoms with E-state index in [0.717, 1.165) is 11.3 Å². The number of hydrogen-bond donors (Lipinski definition) is 2. The van der Waals surface area contributed by atoms with Gasteiger partial charge < -0.3 is 20.1 Å². The third-order valence-corrected chi connectivity index (χ3v) is 4.33. The lowest BCUT2D eigenvalue weighted by molar-refractivity contribution is 0.101. The predicted molar refractivity (Wildman–Crippen MR) is 106 cm³/mol. The van der Waals surface area contributed by atoms with Crippen LogP contribution in [0.3, 0.4) is 0 Å². The lowest BCUT2D eigenvalue weighted by Gasteiger charge is -2.08. The van der Waals surface area contributed by atoms with Crippen molar-refractivity contribution < 1.29 is 19.1 Å². The second-order valence-electron chi connectivity index (χ2n) is 6.43. The van der Waals surface area contributed by atoms with Crippen LogP contribution in [-0.2, 0) is 6.54 Å². The van der Waals surface area contributed by atoms with E-state index in [4.69, 9.17) is 9.47 Å². The minimum absolute atomic E-state index is 0.0673. The highest BCUT2D eigenvalue weighted by Gasteiger charge is 2.13. The van der Waals surface area contributed by atoms with E-state index in [1.54, 1.807) is 24.3 Å². The van der Waals surface area contributed by atoms with E-state index in [1.807, 2.05) is 18.2 Å². The highest BCUT2D eigenvalue weighted by atomic mass is 16.7. The zero-order chi connectivity index (χ0) is 20.2. The molecule has 2 heterocycles. The van der Waals surface area contributed by atoms with Gasteiger partial charge >= 0.3 is 0 Å². The Bertz CT molecular complexity index is 1070. The van der Waals surface area contributed by atoms with Crippen molar-refractivity contribution in [3.05, 3.63) is 71.5 Å². The molecule has 0 saturated carbocycles. The number of Topliss-reactive ketones (excluding diaryl/α,β-unsaturated/α-hetero) is 1. The number of carbonyl (C=O) groups excluding carboxylic acids is 2. The van der Waals surface area contributed by atoms with Gasteiger partial charge in [-0.05, 0) is 36.8 Å². The van der Waals surface area contributed by atoms with Crippen LogP contribution >= 0.6 is 0 Å². The standard InChI is InChI=1S/C21H18N4O4/c1-13(26)15-3-2-4-17(8-15)25-20(27)16-10-23-21(24-11-16)22-9-14-5-6-18-19(7-14)29-12-28-18/h2-8,10-11H,9,12H2,1H3,(H,25,27)(H,22,23,24). The fraction of sp³-hybridized carbons (Fsp3) is 0.143. The van der Waals surface area contributed by atoms with Gasteiger partial charge in [-0.15, -0.1) is 0 Å². The Morgan fingerprint density at radius 1 is 1.00 bits per heavy atom. The molecular formula is C21H18N4O4. The number of amides is 1. The molecule has 0 aliphatic carbocycles. The number of carbonyl (C=O) groups is 2. The van der Waals surface area contributed by atoms with Crippen molar-refractivity contribution in [2.24, 2.45) is 0 Å². The summed E-state index contributed by atoms with van der Waals surface area (Å²) in [6.07, 6.45) is 2.89. The first-order chi connectivity index (χ1) is 14.1. The van der Waals surface area contributed by atoms with E-state index in [2.05, 4.69) is 20.6 Å². The van der Waals surface area contributed by atoms with Gasteiger partial charge in [0.05, 0.1) is 5.56 Å². The molecule has 8 heteroatoms. The molecule has 0 radical (unpaired) electrons. The van der Waals surface area contributed by atoms with Crippen LogP contribution in [0.1, 0.15) is 33.2 Å². The number of nitrogens with zero attached hydrogens (tertiary/aromatic N) is 2. The van der Waals surface area contributed by atoms with E-state index >= 15 is 0 Å². The molecule has 3 aromatic rings. The van der Waals surface area contributed by atoms with E-state index in [0.29, 0.717) is 35.1 Å². The average molecular weight is 390 g/mol. The van der Waals surface area contributed by atoms with Gasteiger partial charge in [0.2, 0.25) is 12.7 Å². The molecule has 8 nitrogen and oxygen atoms in total. The second-order valence-corrected chi connectivity index (χ2v) is 6.43. The Morgan fingerprint density at radius 2 is 1.79 bits per heavy atom. The van der Waals surface area contributed by atoms with Crippen LogP contribution in [0.4, 0.5) is 11.6 Å². The van der Waals surface area contributed by atoms with E-state index in [-0.39, 0.29) is 18.5 Å². The third kappa shape index (κ3) is 4.32. The number of ether oxygens (including phenoxy) is 2. The van der Waals surface area contributed by atoms with Crippen molar-refractivity contribution in [3.63, 3.8) is 0 Å². The molecule has 4 rings (SSSR count). The maximum Gasteiger partial charge on any atom is 0.258 e. The summed E-state index contributed by atoms with van der Waals surface area (Å²) < 4.78 is 10.6. The summed E-state index contributed by atoms with van der Waals surface area (Å²) in [7, 11) is 0. The normalized spacial score (nSPS) is 11.8. The molecule has 1 aromatic heterocycles. The van der Waals surface area contributed by atoms with Crippen LogP contribution in [0.25, 0.3) is 0 Å². The topological polar surface area (TPSA) is 102 Å². The highest BCUT2D eigenvalue weighted by Crippen LogP contribution is 2.32. The Kier molecular flexibility index (Phi) is 5.07. The summed E-state index contributed by atoms with van der Waals surface area (Å²) in [5, 5.41) is 5.84. The van der Waals surface area contributed by atoms with Crippen LogP contribution in [-0.4, -0.2) is 28.5 Å². The van der Waals surface area contributed by atoms with Gasteiger partial charge in [0.1, 0.15) is 0 Å². The molecule has 146 valence electrons. The van der Waals surface area contributed by atoms with Crippen molar-refractivity contribution >= 4 is 23.3 Å². The van der Waals surface area contributed by atoms with E-state index < -0.39 is 0 Å². The number of anilines is 2. The zero-order valence-corrected chi connectivity index (χ0v) is 15.6. The maximum absolute atomic E-state index is 12.4. The molecule has 29 heavy (non-hydrogen) atoms. The van der Waals surface area contributed by atoms with Gasteiger partial charge in [-0.1, -0.05) is 18.2 Å². The SMILES string of the molecule is CC(=O)c1cccc(NC(=O)c2cnc(NCc3ccc4c(c3)OCO4)nc2)c1. The number of hydrogen-bond acceptors (Lipinski definition) is 7. The zero-order valence-electron chi connectivity index (χ0n) is 15.6. The van der Waals surface area contributed by atoms with Crippen molar-refractivity contribution in [2.45, 2.75) is 13.5 Å². The Labute approximate surface area is 166 Å². The Balaban J connectivity index is 1.36. The van der Waals surface area contributed by atoms with Gasteiger partial charge in [0.25, 0.3) is 5.91 Å². The van der Waals surface area contributed by atoms with Crippen molar-refractivity contribution in [2.75, 3.05) is 17.4 Å². The lowest BCUT2D eigenvalue weighted by Crippen LogP contribution is -2.13. The predicted octanol–water partition coefficient (Wildman–Crippen LogP) is 3.27. The van der Waals surface area contributed by atoms with Crippen LogP contribution < -0.4 is 20.1 Å². The molecule has 2 N–H and O–H groups in total. The molecule has 0 spiro atoms. The van der Waals surface area contributed by atoms with E-state index in [1.165, 1.54) is 19.3 Å². The van der Waals surface area contributed by atoms with Gasteiger partial charge in [-0.2, -0.15) is 0 Å². The Morgan fingerprint density at radius 3 is 2.59 bits per heavy atom. The monoisotopic (exact) mass is 390 g/mol. The number of benzene rings is 2.